The maximum Gasteiger partial charge on any atom is 0.333 e. The van der Waals surface area contributed by atoms with Crippen LogP contribution in [0.3, 0.4) is 0 Å². The van der Waals surface area contributed by atoms with E-state index < -0.39 is 35.4 Å². The number of nitrogens with one attached hydrogen (secondary N) is 1. The Hall–Kier alpha value is -2.98. The molecule has 11 heteroatoms. The first-order valence-electron chi connectivity index (χ1n) is 17.1. The van der Waals surface area contributed by atoms with Gasteiger partial charge in [0.25, 0.3) is 11.8 Å². The summed E-state index contributed by atoms with van der Waals surface area (Å²) in [6, 6.07) is -1.01. The third-order valence-corrected chi connectivity index (χ3v) is 7.61. The van der Waals surface area contributed by atoms with Crippen LogP contribution >= 0.6 is 0 Å². The van der Waals surface area contributed by atoms with Crippen LogP contribution in [-0.2, 0) is 43.1 Å². The molecule has 3 amide bonds. The second-order valence-corrected chi connectivity index (χ2v) is 13.0. The molecule has 258 valence electrons. The third-order valence-electron chi connectivity index (χ3n) is 7.61. The molecule has 0 radical (unpaired) electrons. The zero-order valence-corrected chi connectivity index (χ0v) is 28.3. The van der Waals surface area contributed by atoms with Gasteiger partial charge in [-0.05, 0) is 40.0 Å². The Morgan fingerprint density at radius 1 is 0.667 bits per heavy atom. The molecule has 1 N–H and O–H groups in total. The molecular formula is C34H58N2O9. The number of carbonyl (C=O) groups is 6. The average molecular weight is 639 g/mol. The highest BCUT2D eigenvalue weighted by atomic mass is 16.7. The highest BCUT2D eigenvalue weighted by Gasteiger charge is 2.33. The Morgan fingerprint density at radius 3 is 1.51 bits per heavy atom. The van der Waals surface area contributed by atoms with Crippen LogP contribution in [0.2, 0.25) is 0 Å². The molecule has 1 rings (SSSR count). The molecule has 0 aromatic carbocycles. The van der Waals surface area contributed by atoms with Crippen LogP contribution in [-0.4, -0.2) is 59.4 Å². The SMILES string of the molecule is COC(=O)[C@H](CCC(=O)ON1C(=O)CCC1=O)NC(=O)CCCCCCCCCCCCCCCCCCC(=O)OC(C)(C)C. The molecule has 0 bridgehead atoms. The van der Waals surface area contributed by atoms with Gasteiger partial charge in [0.05, 0.1) is 13.5 Å². The number of carbonyl (C=O) groups excluding carboxylic acids is 6. The summed E-state index contributed by atoms with van der Waals surface area (Å²) in [7, 11) is 1.20. The minimum Gasteiger partial charge on any atom is -0.467 e. The lowest BCUT2D eigenvalue weighted by atomic mass is 10.0. The van der Waals surface area contributed by atoms with E-state index in [1.54, 1.807) is 0 Å². The summed E-state index contributed by atoms with van der Waals surface area (Å²) < 4.78 is 10.1. The van der Waals surface area contributed by atoms with Gasteiger partial charge in [0.15, 0.2) is 0 Å². The predicted molar refractivity (Wildman–Crippen MR) is 169 cm³/mol. The molecule has 45 heavy (non-hydrogen) atoms. The van der Waals surface area contributed by atoms with Crippen molar-refractivity contribution in [2.24, 2.45) is 0 Å². The number of nitrogens with zero attached hydrogens (tertiary/aromatic N) is 1. The highest BCUT2D eigenvalue weighted by molar-refractivity contribution is 6.01. The number of amides is 3. The number of hydroxylamine groups is 2. The minimum atomic E-state index is -1.01. The van der Waals surface area contributed by atoms with E-state index in [-0.39, 0.29) is 44.0 Å². The van der Waals surface area contributed by atoms with Crippen LogP contribution < -0.4 is 5.32 Å². The summed E-state index contributed by atoms with van der Waals surface area (Å²) in [4.78, 5) is 76.1. The molecule has 0 aromatic heterocycles. The number of unbranched alkanes of at least 4 members (excludes halogenated alkanes) is 15. The molecule has 1 aliphatic rings. The fourth-order valence-corrected chi connectivity index (χ4v) is 5.15. The van der Waals surface area contributed by atoms with E-state index in [1.807, 2.05) is 20.8 Å². The minimum absolute atomic E-state index is 0.00284. The maximum absolute atomic E-state index is 12.4. The Morgan fingerprint density at radius 2 is 1.09 bits per heavy atom. The molecule has 0 unspecified atom stereocenters. The molecule has 0 aromatic rings. The smallest absolute Gasteiger partial charge is 0.333 e. The molecule has 1 saturated heterocycles. The van der Waals surface area contributed by atoms with Gasteiger partial charge >= 0.3 is 17.9 Å². The van der Waals surface area contributed by atoms with Gasteiger partial charge in [-0.15, -0.1) is 5.06 Å². The summed E-state index contributed by atoms with van der Waals surface area (Å²) in [6.45, 7) is 5.70. The van der Waals surface area contributed by atoms with E-state index in [9.17, 15) is 28.8 Å². The zero-order valence-electron chi connectivity index (χ0n) is 28.3. The molecule has 1 fully saturated rings. The van der Waals surface area contributed by atoms with E-state index in [1.165, 1.54) is 71.3 Å². The second-order valence-electron chi connectivity index (χ2n) is 13.0. The first kappa shape index (κ1) is 40.0. The number of methoxy groups -OCH3 is 1. The lowest BCUT2D eigenvalue weighted by Crippen LogP contribution is -2.42. The average Bonchev–Trinajstić information content (AvgIpc) is 3.29. The summed E-state index contributed by atoms with van der Waals surface area (Å²) in [6.07, 6.45) is 18.9. The van der Waals surface area contributed by atoms with Gasteiger partial charge in [-0.1, -0.05) is 89.9 Å². The van der Waals surface area contributed by atoms with Crippen molar-refractivity contribution in [1.29, 1.82) is 0 Å². The number of hydrogen-bond acceptors (Lipinski definition) is 9. The molecule has 1 aliphatic heterocycles. The summed E-state index contributed by atoms with van der Waals surface area (Å²) in [5, 5.41) is 3.07. The Bertz CT molecular complexity index is 913. The third kappa shape index (κ3) is 20.6. The van der Waals surface area contributed by atoms with Crippen LogP contribution in [0.15, 0.2) is 0 Å². The molecular weight excluding hydrogens is 580 g/mol. The normalized spacial score (nSPS) is 13.9. The van der Waals surface area contributed by atoms with Crippen LogP contribution in [0.5, 0.6) is 0 Å². The lowest BCUT2D eigenvalue weighted by Gasteiger charge is -2.19. The van der Waals surface area contributed by atoms with Gasteiger partial charge < -0.3 is 19.6 Å². The highest BCUT2D eigenvalue weighted by Crippen LogP contribution is 2.16. The summed E-state index contributed by atoms with van der Waals surface area (Å²) in [5.74, 6) is -3.04. The fourth-order valence-electron chi connectivity index (χ4n) is 5.15. The van der Waals surface area contributed by atoms with Gasteiger partial charge in [-0.2, -0.15) is 0 Å². The topological polar surface area (TPSA) is 145 Å². The second kappa shape index (κ2) is 23.4. The molecule has 1 heterocycles. The number of esters is 2. The molecule has 0 spiro atoms. The van der Waals surface area contributed by atoms with Gasteiger partial charge in [0.2, 0.25) is 5.91 Å². The Balaban J connectivity index is 1.97. The molecule has 0 aliphatic carbocycles. The number of hydrogen-bond donors (Lipinski definition) is 1. The zero-order chi connectivity index (χ0) is 33.5. The van der Waals surface area contributed by atoms with Crippen molar-refractivity contribution in [2.75, 3.05) is 7.11 Å². The molecule has 0 saturated carbocycles. The monoisotopic (exact) mass is 638 g/mol. The molecule has 11 nitrogen and oxygen atoms in total. The van der Waals surface area contributed by atoms with Crippen molar-refractivity contribution >= 4 is 35.6 Å². The number of rotatable bonds is 25. The van der Waals surface area contributed by atoms with Crippen molar-refractivity contribution in [1.82, 2.24) is 10.4 Å². The van der Waals surface area contributed by atoms with Crippen molar-refractivity contribution in [3.8, 4) is 0 Å². The standard InChI is InChI=1S/C34H58N2O9/c1-34(2,3)44-31(40)22-20-18-16-14-12-10-8-6-5-7-9-11-13-15-17-19-21-28(37)35-27(33(42)43-4)23-26-32(41)45-36-29(38)24-25-30(36)39/h27H,5-26H2,1-4H3,(H,35,37)/t27-/m0/s1. The summed E-state index contributed by atoms with van der Waals surface area (Å²) >= 11 is 0. The van der Waals surface area contributed by atoms with Crippen molar-refractivity contribution < 1.29 is 43.1 Å². The van der Waals surface area contributed by atoms with Crippen LogP contribution in [0.1, 0.15) is 162 Å². The van der Waals surface area contributed by atoms with Crippen molar-refractivity contribution in [3.05, 3.63) is 0 Å². The largest absolute Gasteiger partial charge is 0.467 e. The van der Waals surface area contributed by atoms with E-state index >= 15 is 0 Å². The summed E-state index contributed by atoms with van der Waals surface area (Å²) in [5.41, 5.74) is -0.394. The van der Waals surface area contributed by atoms with Crippen molar-refractivity contribution in [3.63, 3.8) is 0 Å². The maximum atomic E-state index is 12.4. The first-order chi connectivity index (χ1) is 21.4. The lowest BCUT2D eigenvalue weighted by molar-refractivity contribution is -0.197. The van der Waals surface area contributed by atoms with E-state index in [0.717, 1.165) is 32.1 Å². The van der Waals surface area contributed by atoms with Gasteiger partial charge in [0, 0.05) is 25.7 Å². The Kier molecular flexibility index (Phi) is 20.8. The van der Waals surface area contributed by atoms with Gasteiger partial charge in [0.1, 0.15) is 11.6 Å². The van der Waals surface area contributed by atoms with Gasteiger partial charge in [-0.3, -0.25) is 19.2 Å². The molecule has 1 atom stereocenters. The van der Waals surface area contributed by atoms with Crippen LogP contribution in [0, 0.1) is 0 Å². The first-order valence-corrected chi connectivity index (χ1v) is 17.1. The van der Waals surface area contributed by atoms with Crippen LogP contribution in [0.25, 0.3) is 0 Å². The number of imide groups is 1. The van der Waals surface area contributed by atoms with Gasteiger partial charge in [-0.25, -0.2) is 9.59 Å². The van der Waals surface area contributed by atoms with Crippen LogP contribution in [0.4, 0.5) is 0 Å². The predicted octanol–water partition coefficient (Wildman–Crippen LogP) is 6.40. The van der Waals surface area contributed by atoms with Crippen molar-refractivity contribution in [2.45, 2.75) is 174 Å². The van der Waals surface area contributed by atoms with E-state index in [4.69, 9.17) is 14.3 Å². The van der Waals surface area contributed by atoms with E-state index in [0.29, 0.717) is 17.9 Å². The van der Waals surface area contributed by atoms with E-state index in [2.05, 4.69) is 5.32 Å². The fraction of sp³-hybridized carbons (Fsp3) is 0.824. The Labute approximate surface area is 269 Å². The number of ether oxygens (including phenoxy) is 2. The quantitative estimate of drug-likeness (QED) is 0.0682.